The van der Waals surface area contributed by atoms with Crippen molar-refractivity contribution in [2.45, 2.75) is 290 Å². The number of allylic oxidation sites excluding steroid dienone is 1. The summed E-state index contributed by atoms with van der Waals surface area (Å²) in [6, 6.07) is 16.0. The van der Waals surface area contributed by atoms with E-state index in [2.05, 4.69) is 100 Å². The molecule has 14 fully saturated rings. The molecule has 55 heteroatoms. The molecule has 2 aromatic carbocycles. The first-order chi connectivity index (χ1) is 70.3. The summed E-state index contributed by atoms with van der Waals surface area (Å²) in [5.74, 6) is -0.250. The Morgan fingerprint density at radius 1 is 0.531 bits per heavy atom. The molecular formula is C92H158Br2F6NO37P9. The largest absolute Gasteiger partial charge is 0.424 e. The van der Waals surface area contributed by atoms with Gasteiger partial charge < -0.3 is 157 Å². The van der Waals surface area contributed by atoms with E-state index in [1.165, 1.54) is 11.1 Å². The lowest BCUT2D eigenvalue weighted by Crippen LogP contribution is -2.46. The van der Waals surface area contributed by atoms with Gasteiger partial charge in [0.2, 0.25) is 6.04 Å². The molecule has 2 aromatic rings. The van der Waals surface area contributed by atoms with Crippen LogP contribution in [0.1, 0.15) is 210 Å². The highest BCUT2D eigenvalue weighted by atomic mass is 79.9. The van der Waals surface area contributed by atoms with Crippen molar-refractivity contribution in [2.24, 2.45) is 27.6 Å². The summed E-state index contributed by atoms with van der Waals surface area (Å²) in [6.45, 7) is 40.7. The summed E-state index contributed by atoms with van der Waals surface area (Å²) in [4.78, 5) is 12.1. The van der Waals surface area contributed by atoms with E-state index < -0.39 is 114 Å². The lowest BCUT2D eigenvalue weighted by Gasteiger charge is -2.42. The number of aliphatic hydroxyl groups is 5. The minimum absolute atomic E-state index is 0.0266. The lowest BCUT2D eigenvalue weighted by molar-refractivity contribution is -0.531. The fourth-order valence-electron chi connectivity index (χ4n) is 14.3. The molecule has 0 aliphatic carbocycles. The molecule has 14 saturated heterocycles. The van der Waals surface area contributed by atoms with Crippen LogP contribution >= 0.6 is 109 Å². The predicted octanol–water partition coefficient (Wildman–Crippen LogP) is 24.6. The number of halogens is 8. The number of hydrogen-bond donors (Lipinski definition) is 5. The fraction of sp³-hybridized carbons (Fsp3) is 0.826. The van der Waals surface area contributed by atoms with Crippen LogP contribution in [0.4, 0.5) is 26.3 Å². The van der Waals surface area contributed by atoms with Crippen LogP contribution in [0.2, 0.25) is 0 Å². The second-order valence-corrected chi connectivity index (χ2v) is 49.6. The Morgan fingerprint density at radius 2 is 0.986 bits per heavy atom. The molecule has 0 amide bonds. The van der Waals surface area contributed by atoms with Gasteiger partial charge in [-0.15, -0.1) is 0 Å². The van der Waals surface area contributed by atoms with Crippen LogP contribution in [0.5, 0.6) is 0 Å². The average molecular weight is 2420 g/mol. The van der Waals surface area contributed by atoms with E-state index in [1.54, 1.807) is 20.8 Å². The van der Waals surface area contributed by atoms with Crippen LogP contribution in [-0.4, -0.2) is 279 Å². The normalized spacial score (nSPS) is 27.9. The van der Waals surface area contributed by atoms with E-state index in [9.17, 15) is 41.6 Å². The first kappa shape index (κ1) is 136. The summed E-state index contributed by atoms with van der Waals surface area (Å²) in [5.41, 5.74) is 4.89. The zero-order valence-corrected chi connectivity index (χ0v) is 97.7. The number of benzene rings is 2. The highest BCUT2D eigenvalue weighted by molar-refractivity contribution is 9.12. The number of rotatable bonds is 36. The molecule has 0 aromatic heterocycles. The first-order valence-electron chi connectivity index (χ1n) is 49.7. The van der Waals surface area contributed by atoms with E-state index in [0.29, 0.717) is 174 Å². The van der Waals surface area contributed by atoms with Gasteiger partial charge in [-0.2, -0.15) is 26.3 Å². The highest BCUT2D eigenvalue weighted by Crippen LogP contribution is 2.57. The van der Waals surface area contributed by atoms with Gasteiger partial charge in [0.25, 0.3) is 12.6 Å². The minimum atomic E-state index is -5.56. The molecule has 15 aliphatic heterocycles. The second kappa shape index (κ2) is 75.5. The van der Waals surface area contributed by atoms with Crippen molar-refractivity contribution in [3.05, 3.63) is 94.1 Å². The number of aliphatic hydroxyl groups excluding tert-OH is 5. The van der Waals surface area contributed by atoms with E-state index in [1.807, 2.05) is 72.8 Å². The van der Waals surface area contributed by atoms with Gasteiger partial charge in [0, 0.05) is 64.5 Å². The zero-order valence-electron chi connectivity index (χ0n) is 86.5. The van der Waals surface area contributed by atoms with Gasteiger partial charge in [0.1, 0.15) is 0 Å². The Labute approximate surface area is 891 Å². The maximum Gasteiger partial charge on any atom is 0.424 e. The molecule has 15 heterocycles. The van der Waals surface area contributed by atoms with Gasteiger partial charge in [-0.25, -0.2) is 0 Å². The maximum absolute atomic E-state index is 12.2. The molecule has 854 valence electrons. The standard InChI is InChI=1S/C19H21O3P.C17H32NO5P.C13H25Br2O5P.C10H21O4P.C9H17O4P.C8H11F6O3P.C7H13O6P.C5H9O4P.C4H9O3P/c1-3-15(2)12-20-23-21-13-16-8-4-6-10-18(16)19-11-7-5-9-17(19)14-22-23;1-5-7-9-10-16(17(18(19)20)11-8-6-2)13-21-24-22-14(3)12-15(4)23-24;1-2-11(14)12(15)3-8-18-21-19-9-13(4-6-16,5-7-17)10-20-21;1-7(11)5-8(2)12-15-13-9(3)6-10(4)14-15;10-5-1-9-2-6-11-14(12-7-3-9)13-8-4-9;1-6(2)3-15-18(16-4-6)17-5(7(9,10)11)8(12,13)14;1-4-11-14-12-5-2-9-7(8-1)10-3-6-13-14;6-1-5-2-7-10(8-3-5)9-4-5;1-2-5-8-6-3-4-7-8/h4-11H,2-3,12-14H2,1H3;9-10,14-17H,5-8,11-13H2,1-4H3;11-12,16-17H,2-10H2,1H3;7-11H,5-6H2,1-4H3;10H,1-8H2;5H,3-4H2,1-2H3;7H,1-6H2;6H,1-4H2;2-4H2,1H3/b;10-9+;;;;;;;. The number of hydrogen-bond acceptors (Lipinski definition) is 37. The molecule has 147 heavy (non-hydrogen) atoms. The van der Waals surface area contributed by atoms with Gasteiger partial charge in [-0.1, -0.05) is 159 Å². The van der Waals surface area contributed by atoms with Crippen molar-refractivity contribution in [1.82, 2.24) is 0 Å². The van der Waals surface area contributed by atoms with Gasteiger partial charge in [0.15, 0.2) is 0 Å². The average Bonchev–Trinajstić information content (AvgIpc) is 1.63. The molecule has 10 atom stereocenters. The molecule has 15 aliphatic rings. The molecule has 5 N–H and O–H groups in total. The second-order valence-electron chi connectivity index (χ2n) is 36.6. The third-order valence-electron chi connectivity index (χ3n) is 22.7. The van der Waals surface area contributed by atoms with Crippen LogP contribution in [-0.2, 0) is 150 Å². The first-order valence-corrected chi connectivity index (χ1v) is 61.4. The van der Waals surface area contributed by atoms with Gasteiger partial charge in [-0.05, 0) is 153 Å². The molecule has 6 bridgehead atoms. The SMILES string of the molecule is C1COP2OCCOC(O1)OCCO2.C=C(CC)COP1OCc2ccccc2-c2ccccc2CO1.CC(O)CC(C)OP1OC(C)CC(C)O1.CC1(C)COP(OC(C(F)(F)F)C(F)(F)F)OC1.CCC(Br)C(Br)CCOP1OCC(CCO)(CCO)CO1.CCC/C=C/C(COP1OC(C)CC(C)O1)C(CCCC)[N+](=O)[O-].CCOP1OCCO1.OCC12COP(OC1)OC2.OCCC12CCOP(OCC1)OCC2. The van der Waals surface area contributed by atoms with E-state index >= 15 is 0 Å². The van der Waals surface area contributed by atoms with Crippen LogP contribution in [0.3, 0.4) is 0 Å². The number of nitro groups is 1. The number of alkyl halides is 8. The fourth-order valence-corrected chi connectivity index (χ4v) is 25.5. The summed E-state index contributed by atoms with van der Waals surface area (Å²) in [7, 11) is -12.3. The van der Waals surface area contributed by atoms with Gasteiger partial charge in [0.05, 0.1) is 213 Å². The number of nitrogens with zero attached hydrogens (tertiary/aromatic N) is 1. The summed E-state index contributed by atoms with van der Waals surface area (Å²) in [5, 5.41) is 56.9. The van der Waals surface area contributed by atoms with Crippen LogP contribution in [0.25, 0.3) is 11.1 Å². The quantitative estimate of drug-likeness (QED) is 0.0106. The van der Waals surface area contributed by atoms with Crippen LogP contribution in [0.15, 0.2) is 72.8 Å². The van der Waals surface area contributed by atoms with Crippen LogP contribution in [0, 0.1) is 37.7 Å². The molecule has 10 unspecified atom stereocenters. The third kappa shape index (κ3) is 55.5. The Kier molecular flexibility index (Phi) is 69.8. The summed E-state index contributed by atoms with van der Waals surface area (Å²) < 4.78 is 233. The zero-order chi connectivity index (χ0) is 108. The molecule has 17 rings (SSSR count). The number of fused-ring (bicyclic) bond motifs is 21. The van der Waals surface area contributed by atoms with E-state index in [0.717, 1.165) is 100 Å². The van der Waals surface area contributed by atoms with E-state index in [4.69, 9.17) is 152 Å². The Balaban J connectivity index is 0.000000256. The molecule has 0 radical (unpaired) electrons. The third-order valence-corrected chi connectivity index (χ3v) is 36.6. The van der Waals surface area contributed by atoms with Gasteiger partial charge >= 0.3 is 89.8 Å². The van der Waals surface area contributed by atoms with Crippen molar-refractivity contribution in [3.8, 4) is 11.1 Å². The van der Waals surface area contributed by atoms with Crippen molar-refractivity contribution in [2.75, 3.05) is 172 Å². The smallest absolute Gasteiger partial charge is 0.396 e. The van der Waals surface area contributed by atoms with E-state index in [-0.39, 0.29) is 110 Å². The molecular weight excluding hydrogens is 2260 g/mol. The Morgan fingerprint density at radius 3 is 1.42 bits per heavy atom. The molecule has 0 spiro atoms. The van der Waals surface area contributed by atoms with Crippen molar-refractivity contribution < 1.29 is 193 Å². The molecule has 0 saturated carbocycles. The van der Waals surface area contributed by atoms with Crippen molar-refractivity contribution >= 4 is 109 Å². The summed E-state index contributed by atoms with van der Waals surface area (Å²) >= 11 is 7.24. The van der Waals surface area contributed by atoms with Gasteiger partial charge in [-0.3, -0.25) is 14.6 Å². The highest BCUT2D eigenvalue weighted by Gasteiger charge is 2.60. The van der Waals surface area contributed by atoms with Crippen molar-refractivity contribution in [3.63, 3.8) is 0 Å². The maximum atomic E-state index is 12.2. The number of unbranched alkanes of at least 4 members (excludes halogenated alkanes) is 2. The topological polar surface area (TPSA) is 421 Å². The minimum Gasteiger partial charge on any atom is -0.396 e. The lowest BCUT2D eigenvalue weighted by atomic mass is 9.76. The Hall–Kier alpha value is 0.330. The van der Waals surface area contributed by atoms with Crippen molar-refractivity contribution in [1.29, 1.82) is 0 Å². The molecule has 38 nitrogen and oxygen atoms in total. The summed E-state index contributed by atoms with van der Waals surface area (Å²) in [6.07, 6.45) is 3.73. The monoisotopic (exact) mass is 2420 g/mol. The Bertz CT molecular complexity index is 3630. The van der Waals surface area contributed by atoms with Crippen LogP contribution < -0.4 is 0 Å². The predicted molar refractivity (Wildman–Crippen MR) is 554 cm³/mol. The number of ether oxygens (including phenoxy) is 3.